The summed E-state index contributed by atoms with van der Waals surface area (Å²) in [5.74, 6) is -0.0569. The van der Waals surface area contributed by atoms with Crippen LogP contribution in [0, 0.1) is 0 Å². The lowest BCUT2D eigenvalue weighted by Gasteiger charge is -2.08. The highest BCUT2D eigenvalue weighted by Gasteiger charge is 2.06. The lowest BCUT2D eigenvalue weighted by atomic mass is 10.1. The molecule has 1 amide bonds. The summed E-state index contributed by atoms with van der Waals surface area (Å²) in [5, 5.41) is 14.0. The van der Waals surface area contributed by atoms with Crippen LogP contribution in [0.5, 0.6) is 0 Å². The molecule has 2 aromatic heterocycles. The zero-order valence-corrected chi connectivity index (χ0v) is 14.0. The Morgan fingerprint density at radius 2 is 1.92 bits per heavy atom. The van der Waals surface area contributed by atoms with Gasteiger partial charge in [0.15, 0.2) is 0 Å². The molecule has 0 aliphatic heterocycles. The first-order chi connectivity index (χ1) is 12.8. The number of benzene rings is 2. The molecule has 4 aromatic rings. The maximum Gasteiger partial charge on any atom is 0.228 e. The van der Waals surface area contributed by atoms with Crippen LogP contribution in [0.25, 0.3) is 16.9 Å². The summed E-state index contributed by atoms with van der Waals surface area (Å²) in [6.07, 6.45) is 5.63. The van der Waals surface area contributed by atoms with Crippen LogP contribution < -0.4 is 5.32 Å². The highest BCUT2D eigenvalue weighted by molar-refractivity contribution is 5.92. The van der Waals surface area contributed by atoms with Gasteiger partial charge in [-0.15, -0.1) is 0 Å². The van der Waals surface area contributed by atoms with Gasteiger partial charge in [0, 0.05) is 29.8 Å². The summed E-state index contributed by atoms with van der Waals surface area (Å²) in [6.45, 7) is 0. The number of aromatic amines is 1. The minimum absolute atomic E-state index is 0.0569. The van der Waals surface area contributed by atoms with E-state index in [2.05, 4.69) is 20.6 Å². The van der Waals surface area contributed by atoms with Gasteiger partial charge in [-0.05, 0) is 42.0 Å². The van der Waals surface area contributed by atoms with Crippen LogP contribution in [0.4, 0.5) is 5.69 Å². The minimum Gasteiger partial charge on any atom is -0.326 e. The van der Waals surface area contributed by atoms with Gasteiger partial charge in [0.05, 0.1) is 17.8 Å². The molecule has 4 rings (SSSR count). The van der Waals surface area contributed by atoms with Crippen LogP contribution in [-0.4, -0.2) is 25.9 Å². The molecule has 6 heteroatoms. The molecule has 0 saturated heterocycles. The molecule has 0 aliphatic rings. The molecule has 6 nitrogen and oxygen atoms in total. The molecule has 2 heterocycles. The first kappa shape index (κ1) is 15.8. The monoisotopic (exact) mass is 343 g/mol. The molecule has 0 aliphatic carbocycles. The predicted octanol–water partition coefficient (Wildman–Crippen LogP) is 3.44. The first-order valence-corrected chi connectivity index (χ1v) is 8.26. The Labute approximate surface area is 150 Å². The fraction of sp³-hybridized carbons (Fsp3) is 0.0500. The standard InChI is InChI=1S/C20H17N5O/c26-20(13-15-5-7-18(8-6-15)25-12-2-10-22-25)23-17-4-1-3-16(14-17)19-9-11-21-24-19/h1-12,14H,13H2,(H,21,24)(H,23,26). The van der Waals surface area contributed by atoms with Gasteiger partial charge >= 0.3 is 0 Å². The zero-order chi connectivity index (χ0) is 17.8. The molecule has 0 atom stereocenters. The number of amides is 1. The smallest absolute Gasteiger partial charge is 0.228 e. The van der Waals surface area contributed by atoms with Crippen LogP contribution in [-0.2, 0) is 11.2 Å². The van der Waals surface area contributed by atoms with Crippen LogP contribution in [0.2, 0.25) is 0 Å². The largest absolute Gasteiger partial charge is 0.326 e. The molecule has 0 saturated carbocycles. The molecule has 0 fully saturated rings. The number of nitrogens with one attached hydrogen (secondary N) is 2. The van der Waals surface area contributed by atoms with Crippen molar-refractivity contribution in [1.82, 2.24) is 20.0 Å². The molecule has 0 unspecified atom stereocenters. The van der Waals surface area contributed by atoms with Gasteiger partial charge in [0.25, 0.3) is 0 Å². The summed E-state index contributed by atoms with van der Waals surface area (Å²) in [7, 11) is 0. The van der Waals surface area contributed by atoms with Crippen LogP contribution in [0.3, 0.4) is 0 Å². The number of hydrogen-bond acceptors (Lipinski definition) is 3. The third-order valence-electron chi connectivity index (χ3n) is 4.03. The lowest BCUT2D eigenvalue weighted by molar-refractivity contribution is -0.115. The zero-order valence-electron chi connectivity index (χ0n) is 14.0. The van der Waals surface area contributed by atoms with Crippen LogP contribution in [0.15, 0.2) is 79.3 Å². The van der Waals surface area contributed by atoms with E-state index in [1.807, 2.05) is 66.9 Å². The van der Waals surface area contributed by atoms with E-state index in [1.54, 1.807) is 17.1 Å². The molecule has 0 spiro atoms. The van der Waals surface area contributed by atoms with Crippen molar-refractivity contribution in [3.63, 3.8) is 0 Å². The van der Waals surface area contributed by atoms with Crippen LogP contribution >= 0.6 is 0 Å². The van der Waals surface area contributed by atoms with Gasteiger partial charge in [-0.3, -0.25) is 9.89 Å². The average molecular weight is 343 g/mol. The fourth-order valence-corrected chi connectivity index (χ4v) is 2.76. The number of anilines is 1. The molecule has 128 valence electrons. The lowest BCUT2D eigenvalue weighted by Crippen LogP contribution is -2.14. The Kier molecular flexibility index (Phi) is 4.30. The number of carbonyl (C=O) groups is 1. The normalized spacial score (nSPS) is 10.6. The van der Waals surface area contributed by atoms with E-state index in [-0.39, 0.29) is 5.91 Å². The van der Waals surface area contributed by atoms with E-state index in [1.165, 1.54) is 0 Å². The van der Waals surface area contributed by atoms with Crippen molar-refractivity contribution in [2.45, 2.75) is 6.42 Å². The second-order valence-corrected chi connectivity index (χ2v) is 5.89. The average Bonchev–Trinajstić information content (AvgIpc) is 3.37. The summed E-state index contributed by atoms with van der Waals surface area (Å²) >= 11 is 0. The number of aromatic nitrogens is 4. The Balaban J connectivity index is 1.42. The molecule has 2 N–H and O–H groups in total. The number of carbonyl (C=O) groups excluding carboxylic acids is 1. The summed E-state index contributed by atoms with van der Waals surface area (Å²) in [6, 6.07) is 19.2. The number of nitrogens with zero attached hydrogens (tertiary/aromatic N) is 3. The van der Waals surface area contributed by atoms with Crippen molar-refractivity contribution in [3.05, 3.63) is 84.8 Å². The predicted molar refractivity (Wildman–Crippen MR) is 99.9 cm³/mol. The second kappa shape index (κ2) is 7.06. The maximum absolute atomic E-state index is 12.3. The summed E-state index contributed by atoms with van der Waals surface area (Å²) < 4.78 is 1.78. The Morgan fingerprint density at radius 1 is 1.04 bits per heavy atom. The van der Waals surface area contributed by atoms with E-state index in [4.69, 9.17) is 0 Å². The highest BCUT2D eigenvalue weighted by atomic mass is 16.1. The van der Waals surface area contributed by atoms with E-state index in [0.29, 0.717) is 6.42 Å². The molecule has 26 heavy (non-hydrogen) atoms. The van der Waals surface area contributed by atoms with Gasteiger partial charge in [-0.25, -0.2) is 4.68 Å². The Hall–Kier alpha value is -3.67. The molecule has 2 aromatic carbocycles. The van der Waals surface area contributed by atoms with Gasteiger partial charge in [0.2, 0.25) is 5.91 Å². The number of H-pyrrole nitrogens is 1. The van der Waals surface area contributed by atoms with Crippen molar-refractivity contribution >= 4 is 11.6 Å². The topological polar surface area (TPSA) is 75.6 Å². The van der Waals surface area contributed by atoms with Crippen molar-refractivity contribution in [2.75, 3.05) is 5.32 Å². The molecule has 0 bridgehead atoms. The quantitative estimate of drug-likeness (QED) is 0.583. The maximum atomic E-state index is 12.3. The summed E-state index contributed by atoms with van der Waals surface area (Å²) in [4.78, 5) is 12.3. The number of rotatable bonds is 5. The van der Waals surface area contributed by atoms with Crippen LogP contribution in [0.1, 0.15) is 5.56 Å². The fourth-order valence-electron chi connectivity index (χ4n) is 2.76. The van der Waals surface area contributed by atoms with Gasteiger partial charge in [0.1, 0.15) is 0 Å². The van der Waals surface area contributed by atoms with E-state index in [0.717, 1.165) is 28.2 Å². The SMILES string of the molecule is O=C(Cc1ccc(-n2cccn2)cc1)Nc1cccc(-c2ccn[nH]2)c1. The Bertz CT molecular complexity index is 989. The van der Waals surface area contributed by atoms with Crippen molar-refractivity contribution in [2.24, 2.45) is 0 Å². The van der Waals surface area contributed by atoms with E-state index < -0.39 is 0 Å². The van der Waals surface area contributed by atoms with Gasteiger partial charge in [-0.1, -0.05) is 24.3 Å². The van der Waals surface area contributed by atoms with Gasteiger partial charge < -0.3 is 5.32 Å². The van der Waals surface area contributed by atoms with Crippen molar-refractivity contribution in [1.29, 1.82) is 0 Å². The first-order valence-electron chi connectivity index (χ1n) is 8.26. The highest BCUT2D eigenvalue weighted by Crippen LogP contribution is 2.20. The van der Waals surface area contributed by atoms with Crippen molar-refractivity contribution < 1.29 is 4.79 Å². The Morgan fingerprint density at radius 3 is 2.65 bits per heavy atom. The third-order valence-corrected chi connectivity index (χ3v) is 4.03. The number of hydrogen-bond donors (Lipinski definition) is 2. The molecule has 0 radical (unpaired) electrons. The summed E-state index contributed by atoms with van der Waals surface area (Å²) in [5.41, 5.74) is 4.56. The van der Waals surface area contributed by atoms with E-state index >= 15 is 0 Å². The molecular weight excluding hydrogens is 326 g/mol. The second-order valence-electron chi connectivity index (χ2n) is 5.89. The van der Waals surface area contributed by atoms with Gasteiger partial charge in [-0.2, -0.15) is 10.2 Å². The van der Waals surface area contributed by atoms with E-state index in [9.17, 15) is 4.79 Å². The minimum atomic E-state index is -0.0569. The third kappa shape index (κ3) is 3.54. The van der Waals surface area contributed by atoms with Crippen molar-refractivity contribution in [3.8, 4) is 16.9 Å². The molecular formula is C20H17N5O.